The number of nitrogens with one attached hydrogen (secondary N) is 1. The molecule has 1 aliphatic heterocycles. The van der Waals surface area contributed by atoms with Crippen LogP contribution in [-0.2, 0) is 11.2 Å². The molecule has 0 bridgehead atoms. The topological polar surface area (TPSA) is 47.6 Å². The zero-order valence-electron chi connectivity index (χ0n) is 10.9. The van der Waals surface area contributed by atoms with Crippen LogP contribution in [0.2, 0.25) is 0 Å². The summed E-state index contributed by atoms with van der Waals surface area (Å²) < 4.78 is 11.1. The molecular weight excluding hydrogens is 230 g/mol. The van der Waals surface area contributed by atoms with Gasteiger partial charge in [0, 0.05) is 13.0 Å². The molecule has 0 atom stereocenters. The first-order valence-electron chi connectivity index (χ1n) is 6.36. The fourth-order valence-electron chi connectivity index (χ4n) is 1.96. The highest BCUT2D eigenvalue weighted by atomic mass is 16.6. The summed E-state index contributed by atoms with van der Waals surface area (Å²) in [6.07, 6.45) is 1.34. The first-order valence-corrected chi connectivity index (χ1v) is 6.36. The average Bonchev–Trinajstić information content (AvgIpc) is 2.39. The van der Waals surface area contributed by atoms with Gasteiger partial charge >= 0.3 is 0 Å². The van der Waals surface area contributed by atoms with E-state index >= 15 is 0 Å². The Balaban J connectivity index is 2.02. The average molecular weight is 249 g/mol. The molecule has 1 aliphatic rings. The number of ether oxygens (including phenoxy) is 2. The highest BCUT2D eigenvalue weighted by Gasteiger charge is 2.13. The number of amides is 1. The van der Waals surface area contributed by atoms with E-state index in [1.54, 1.807) is 0 Å². The van der Waals surface area contributed by atoms with E-state index in [1.807, 2.05) is 19.1 Å². The van der Waals surface area contributed by atoms with Gasteiger partial charge in [0.2, 0.25) is 5.91 Å². The van der Waals surface area contributed by atoms with Crippen molar-refractivity contribution in [3.8, 4) is 11.5 Å². The first-order chi connectivity index (χ1) is 8.70. The van der Waals surface area contributed by atoms with Crippen LogP contribution >= 0.6 is 0 Å². The van der Waals surface area contributed by atoms with Gasteiger partial charge in [-0.05, 0) is 36.6 Å². The fourth-order valence-corrected chi connectivity index (χ4v) is 1.96. The summed E-state index contributed by atoms with van der Waals surface area (Å²) in [5, 5.41) is 2.88. The lowest BCUT2D eigenvalue weighted by Gasteiger charge is -2.20. The van der Waals surface area contributed by atoms with Gasteiger partial charge in [0.15, 0.2) is 11.5 Å². The van der Waals surface area contributed by atoms with E-state index in [4.69, 9.17) is 9.47 Å². The number of carbonyl (C=O) groups is 1. The second-order valence-corrected chi connectivity index (χ2v) is 4.38. The van der Waals surface area contributed by atoms with E-state index in [-0.39, 0.29) is 5.91 Å². The third-order valence-corrected chi connectivity index (χ3v) is 3.04. The van der Waals surface area contributed by atoms with Crippen molar-refractivity contribution >= 4 is 5.91 Å². The molecule has 0 saturated heterocycles. The molecule has 1 aromatic rings. The maximum Gasteiger partial charge on any atom is 0.219 e. The second kappa shape index (κ2) is 5.76. The second-order valence-electron chi connectivity index (χ2n) is 4.38. The summed E-state index contributed by atoms with van der Waals surface area (Å²) in [6.45, 7) is 5.77. The molecule has 1 heterocycles. The number of rotatable bonds is 4. The van der Waals surface area contributed by atoms with Crippen molar-refractivity contribution in [3.63, 3.8) is 0 Å². The molecule has 98 valence electrons. The predicted molar refractivity (Wildman–Crippen MR) is 69.2 cm³/mol. The normalized spacial score (nSPS) is 13.2. The summed E-state index contributed by atoms with van der Waals surface area (Å²) in [5.74, 6) is 1.72. The van der Waals surface area contributed by atoms with Gasteiger partial charge in [-0.2, -0.15) is 0 Å². The molecule has 1 amide bonds. The first kappa shape index (κ1) is 12.7. The van der Waals surface area contributed by atoms with Crippen LogP contribution in [0.15, 0.2) is 12.1 Å². The zero-order chi connectivity index (χ0) is 13.0. The molecule has 4 nitrogen and oxygen atoms in total. The lowest BCUT2D eigenvalue weighted by Crippen LogP contribution is -2.24. The summed E-state index contributed by atoms with van der Waals surface area (Å²) in [5.41, 5.74) is 2.36. The monoisotopic (exact) mass is 249 g/mol. The molecular formula is C14H19NO3. The maximum atomic E-state index is 11.2. The summed E-state index contributed by atoms with van der Waals surface area (Å²) in [7, 11) is 0. The number of benzene rings is 1. The summed E-state index contributed by atoms with van der Waals surface area (Å²) in [4.78, 5) is 11.2. The van der Waals surface area contributed by atoms with E-state index in [1.165, 1.54) is 11.1 Å². The fraction of sp³-hybridized carbons (Fsp3) is 0.500. The number of hydrogen-bond donors (Lipinski definition) is 1. The van der Waals surface area contributed by atoms with Crippen LogP contribution in [-0.4, -0.2) is 25.7 Å². The van der Waals surface area contributed by atoms with E-state index < -0.39 is 0 Å². The van der Waals surface area contributed by atoms with Crippen molar-refractivity contribution in [1.29, 1.82) is 0 Å². The van der Waals surface area contributed by atoms with Crippen LogP contribution in [0, 0.1) is 6.92 Å². The van der Waals surface area contributed by atoms with Crippen LogP contribution in [0.4, 0.5) is 0 Å². The van der Waals surface area contributed by atoms with Gasteiger partial charge < -0.3 is 14.8 Å². The Morgan fingerprint density at radius 2 is 1.94 bits per heavy atom. The molecule has 18 heavy (non-hydrogen) atoms. The quantitative estimate of drug-likeness (QED) is 0.885. The Morgan fingerprint density at radius 1 is 1.28 bits per heavy atom. The summed E-state index contributed by atoms with van der Waals surface area (Å²) >= 11 is 0. The van der Waals surface area contributed by atoms with Crippen molar-refractivity contribution < 1.29 is 14.3 Å². The SMILES string of the molecule is CCC(=O)NCCc1cc2c(cc1C)OCCO2. The van der Waals surface area contributed by atoms with Crippen molar-refractivity contribution in [2.75, 3.05) is 19.8 Å². The number of fused-ring (bicyclic) bond motifs is 1. The lowest BCUT2D eigenvalue weighted by atomic mass is 10.0. The zero-order valence-corrected chi connectivity index (χ0v) is 10.9. The van der Waals surface area contributed by atoms with Crippen LogP contribution in [0.1, 0.15) is 24.5 Å². The Morgan fingerprint density at radius 3 is 2.61 bits per heavy atom. The predicted octanol–water partition coefficient (Wildman–Crippen LogP) is 1.83. The van der Waals surface area contributed by atoms with Crippen LogP contribution in [0.25, 0.3) is 0 Å². The molecule has 0 aliphatic carbocycles. The highest BCUT2D eigenvalue weighted by molar-refractivity contribution is 5.75. The van der Waals surface area contributed by atoms with Gasteiger partial charge in [-0.1, -0.05) is 6.92 Å². The molecule has 1 aromatic carbocycles. The third kappa shape index (κ3) is 2.94. The van der Waals surface area contributed by atoms with Crippen LogP contribution in [0.5, 0.6) is 11.5 Å². The molecule has 0 radical (unpaired) electrons. The number of hydrogen-bond acceptors (Lipinski definition) is 3. The molecule has 0 unspecified atom stereocenters. The van der Waals surface area contributed by atoms with E-state index in [0.29, 0.717) is 26.2 Å². The van der Waals surface area contributed by atoms with Gasteiger partial charge in [-0.15, -0.1) is 0 Å². The van der Waals surface area contributed by atoms with E-state index in [0.717, 1.165) is 17.9 Å². The largest absolute Gasteiger partial charge is 0.486 e. The molecule has 0 fully saturated rings. The van der Waals surface area contributed by atoms with Crippen molar-refractivity contribution in [2.45, 2.75) is 26.7 Å². The Bertz CT molecular complexity index is 443. The lowest BCUT2D eigenvalue weighted by molar-refractivity contribution is -0.120. The smallest absolute Gasteiger partial charge is 0.219 e. The van der Waals surface area contributed by atoms with Gasteiger partial charge in [0.05, 0.1) is 0 Å². The maximum absolute atomic E-state index is 11.2. The van der Waals surface area contributed by atoms with Crippen LogP contribution in [0.3, 0.4) is 0 Å². The number of carbonyl (C=O) groups excluding carboxylic acids is 1. The van der Waals surface area contributed by atoms with Gasteiger partial charge in [0.1, 0.15) is 13.2 Å². The molecule has 0 saturated carbocycles. The highest BCUT2D eigenvalue weighted by Crippen LogP contribution is 2.33. The molecule has 0 spiro atoms. The van der Waals surface area contributed by atoms with Gasteiger partial charge in [0.25, 0.3) is 0 Å². The molecule has 0 aromatic heterocycles. The molecule has 2 rings (SSSR count). The minimum Gasteiger partial charge on any atom is -0.486 e. The standard InChI is InChI=1S/C14H19NO3/c1-3-14(16)15-5-4-11-9-13-12(8-10(11)2)17-6-7-18-13/h8-9H,3-7H2,1-2H3,(H,15,16). The van der Waals surface area contributed by atoms with Gasteiger partial charge in [-0.25, -0.2) is 0 Å². The molecule has 4 heteroatoms. The van der Waals surface area contributed by atoms with Crippen molar-refractivity contribution in [2.24, 2.45) is 0 Å². The van der Waals surface area contributed by atoms with Crippen molar-refractivity contribution in [1.82, 2.24) is 5.32 Å². The summed E-state index contributed by atoms with van der Waals surface area (Å²) in [6, 6.07) is 4.02. The van der Waals surface area contributed by atoms with Crippen molar-refractivity contribution in [3.05, 3.63) is 23.3 Å². The third-order valence-electron chi connectivity index (χ3n) is 3.04. The van der Waals surface area contributed by atoms with Crippen LogP contribution < -0.4 is 14.8 Å². The van der Waals surface area contributed by atoms with Gasteiger partial charge in [-0.3, -0.25) is 4.79 Å². The van der Waals surface area contributed by atoms with E-state index in [9.17, 15) is 4.79 Å². The minimum absolute atomic E-state index is 0.0881. The number of aryl methyl sites for hydroxylation is 1. The molecule has 1 N–H and O–H groups in total. The van der Waals surface area contributed by atoms with E-state index in [2.05, 4.69) is 12.2 Å². The Labute approximate surface area is 107 Å². The Hall–Kier alpha value is -1.71. The minimum atomic E-state index is 0.0881. The Kier molecular flexibility index (Phi) is 4.07.